The minimum atomic E-state index is -0.104. The Morgan fingerprint density at radius 1 is 1.31 bits per heavy atom. The maximum atomic E-state index is 12.2. The highest BCUT2D eigenvalue weighted by atomic mass is 16.5. The number of nitrogens with zero attached hydrogens (tertiary/aromatic N) is 1. The Morgan fingerprint density at radius 3 is 2.81 bits per heavy atom. The van der Waals surface area contributed by atoms with Crippen LogP contribution in [0.5, 0.6) is 0 Å². The van der Waals surface area contributed by atoms with E-state index in [9.17, 15) is 4.79 Å². The van der Waals surface area contributed by atoms with Crippen molar-refractivity contribution < 1.29 is 9.53 Å². The Labute approximate surface area is 97.1 Å². The minimum Gasteiger partial charge on any atom is -0.379 e. The molecule has 2 saturated heterocycles. The summed E-state index contributed by atoms with van der Waals surface area (Å²) in [6.07, 6.45) is 3.47. The third-order valence-corrected chi connectivity index (χ3v) is 3.77. The van der Waals surface area contributed by atoms with Gasteiger partial charge in [0.25, 0.3) is 0 Å². The van der Waals surface area contributed by atoms with Gasteiger partial charge in [0.05, 0.1) is 19.1 Å². The van der Waals surface area contributed by atoms with E-state index in [1.807, 2.05) is 4.90 Å². The number of rotatable bonds is 1. The zero-order valence-corrected chi connectivity index (χ0v) is 10.0. The average Bonchev–Trinajstić information content (AvgIpc) is 2.56. The largest absolute Gasteiger partial charge is 0.379 e. The smallest absolute Gasteiger partial charge is 0.229 e. The molecule has 2 heterocycles. The van der Waals surface area contributed by atoms with E-state index in [0.29, 0.717) is 13.2 Å². The van der Waals surface area contributed by atoms with Crippen LogP contribution in [0, 0.1) is 11.8 Å². The number of nitrogens with two attached hydrogens (primary N) is 1. The molecule has 0 aromatic carbocycles. The topological polar surface area (TPSA) is 55.6 Å². The van der Waals surface area contributed by atoms with Crippen molar-refractivity contribution in [2.75, 3.05) is 26.3 Å². The second-order valence-corrected chi connectivity index (χ2v) is 5.17. The van der Waals surface area contributed by atoms with E-state index in [2.05, 4.69) is 6.92 Å². The maximum absolute atomic E-state index is 12.2. The molecular formula is C12H22N2O2. The molecule has 0 aliphatic carbocycles. The molecule has 1 amide bonds. The molecule has 0 saturated carbocycles. The number of amides is 1. The molecule has 3 atom stereocenters. The van der Waals surface area contributed by atoms with Crippen molar-refractivity contribution in [2.24, 2.45) is 17.6 Å². The second kappa shape index (κ2) is 5.15. The van der Waals surface area contributed by atoms with Crippen LogP contribution in [-0.2, 0) is 9.53 Å². The van der Waals surface area contributed by atoms with E-state index in [1.54, 1.807) is 0 Å². The third kappa shape index (κ3) is 2.55. The van der Waals surface area contributed by atoms with Gasteiger partial charge in [0.2, 0.25) is 5.91 Å². The van der Waals surface area contributed by atoms with E-state index in [4.69, 9.17) is 10.5 Å². The molecule has 4 heteroatoms. The van der Waals surface area contributed by atoms with E-state index in [-0.39, 0.29) is 17.9 Å². The maximum Gasteiger partial charge on any atom is 0.229 e. The fraction of sp³-hybridized carbons (Fsp3) is 0.917. The first-order valence-corrected chi connectivity index (χ1v) is 6.30. The van der Waals surface area contributed by atoms with Crippen LogP contribution in [0.3, 0.4) is 0 Å². The van der Waals surface area contributed by atoms with Crippen LogP contribution < -0.4 is 5.73 Å². The number of carbonyl (C=O) groups excluding carboxylic acids is 1. The quantitative estimate of drug-likeness (QED) is 0.712. The van der Waals surface area contributed by atoms with E-state index < -0.39 is 0 Å². The van der Waals surface area contributed by atoms with Crippen molar-refractivity contribution in [3.63, 3.8) is 0 Å². The molecule has 0 spiro atoms. The van der Waals surface area contributed by atoms with Crippen LogP contribution in [0.25, 0.3) is 0 Å². The summed E-state index contributed by atoms with van der Waals surface area (Å²) in [6, 6.07) is -0.104. The molecule has 92 valence electrons. The zero-order chi connectivity index (χ0) is 11.5. The van der Waals surface area contributed by atoms with E-state index in [0.717, 1.165) is 31.8 Å². The highest BCUT2D eigenvalue weighted by molar-refractivity contribution is 5.80. The van der Waals surface area contributed by atoms with Crippen molar-refractivity contribution in [3.05, 3.63) is 0 Å². The zero-order valence-electron chi connectivity index (χ0n) is 10.0. The number of hydrogen-bond donors (Lipinski definition) is 1. The van der Waals surface area contributed by atoms with Gasteiger partial charge in [-0.25, -0.2) is 0 Å². The van der Waals surface area contributed by atoms with Crippen molar-refractivity contribution in [1.82, 2.24) is 4.90 Å². The molecule has 4 nitrogen and oxygen atoms in total. The molecule has 2 aliphatic heterocycles. The van der Waals surface area contributed by atoms with E-state index >= 15 is 0 Å². The van der Waals surface area contributed by atoms with Gasteiger partial charge in [0.15, 0.2) is 0 Å². The first kappa shape index (κ1) is 11.9. The summed E-state index contributed by atoms with van der Waals surface area (Å²) >= 11 is 0. The molecule has 0 aromatic heterocycles. The van der Waals surface area contributed by atoms with Crippen LogP contribution in [0.4, 0.5) is 0 Å². The lowest BCUT2D eigenvalue weighted by Crippen LogP contribution is -2.44. The molecule has 2 N–H and O–H groups in total. The summed E-state index contributed by atoms with van der Waals surface area (Å²) < 4.78 is 5.26. The Hall–Kier alpha value is -0.610. The van der Waals surface area contributed by atoms with Crippen molar-refractivity contribution in [1.29, 1.82) is 0 Å². The first-order valence-electron chi connectivity index (χ1n) is 6.30. The van der Waals surface area contributed by atoms with Gasteiger partial charge in [0.1, 0.15) is 0 Å². The summed E-state index contributed by atoms with van der Waals surface area (Å²) in [5.41, 5.74) is 5.88. The lowest BCUT2D eigenvalue weighted by molar-refractivity contribution is -0.135. The van der Waals surface area contributed by atoms with Gasteiger partial charge in [-0.15, -0.1) is 0 Å². The summed E-state index contributed by atoms with van der Waals surface area (Å²) in [5.74, 6) is 0.846. The third-order valence-electron chi connectivity index (χ3n) is 3.77. The molecule has 0 bridgehead atoms. The number of likely N-dealkylation sites (tertiary alicyclic amines) is 1. The molecule has 2 aliphatic rings. The van der Waals surface area contributed by atoms with Crippen molar-refractivity contribution >= 4 is 5.91 Å². The Morgan fingerprint density at radius 2 is 2.12 bits per heavy atom. The molecule has 2 rings (SSSR count). The lowest BCUT2D eigenvalue weighted by Gasteiger charge is -2.25. The molecule has 16 heavy (non-hydrogen) atoms. The Balaban J connectivity index is 1.93. The highest BCUT2D eigenvalue weighted by Gasteiger charge is 2.34. The standard InChI is InChI=1S/C12H22N2O2/c1-9-3-2-5-14(6-4-9)12(15)10-7-16-8-11(10)13/h9-11H,2-8,13H2,1H3. The molecule has 0 aromatic rings. The van der Waals surface area contributed by atoms with Crippen LogP contribution in [0.2, 0.25) is 0 Å². The van der Waals surface area contributed by atoms with Gasteiger partial charge < -0.3 is 15.4 Å². The van der Waals surface area contributed by atoms with Gasteiger partial charge in [-0.1, -0.05) is 6.92 Å². The lowest BCUT2D eigenvalue weighted by atomic mass is 10.0. The fourth-order valence-electron chi connectivity index (χ4n) is 2.54. The second-order valence-electron chi connectivity index (χ2n) is 5.17. The summed E-state index contributed by atoms with van der Waals surface area (Å²) in [6.45, 7) is 5.08. The predicted molar refractivity (Wildman–Crippen MR) is 61.9 cm³/mol. The number of hydrogen-bond acceptors (Lipinski definition) is 3. The summed E-state index contributed by atoms with van der Waals surface area (Å²) in [7, 11) is 0. The predicted octanol–water partition coefficient (Wildman–Crippen LogP) is 0.609. The molecular weight excluding hydrogens is 204 g/mol. The van der Waals surface area contributed by atoms with Crippen molar-refractivity contribution in [3.8, 4) is 0 Å². The Bertz CT molecular complexity index is 257. The molecule has 0 radical (unpaired) electrons. The summed E-state index contributed by atoms with van der Waals surface area (Å²) in [5, 5.41) is 0. The first-order chi connectivity index (χ1) is 7.68. The summed E-state index contributed by atoms with van der Waals surface area (Å²) in [4.78, 5) is 14.2. The van der Waals surface area contributed by atoms with Gasteiger partial charge in [-0.3, -0.25) is 4.79 Å². The molecule has 2 fully saturated rings. The van der Waals surface area contributed by atoms with Crippen molar-refractivity contribution in [2.45, 2.75) is 32.2 Å². The van der Waals surface area contributed by atoms with Gasteiger partial charge >= 0.3 is 0 Å². The monoisotopic (exact) mass is 226 g/mol. The van der Waals surface area contributed by atoms with Crippen LogP contribution >= 0.6 is 0 Å². The van der Waals surface area contributed by atoms with Gasteiger partial charge in [0, 0.05) is 19.1 Å². The van der Waals surface area contributed by atoms with Gasteiger partial charge in [-0.2, -0.15) is 0 Å². The number of carbonyl (C=O) groups is 1. The normalized spacial score (nSPS) is 36.1. The average molecular weight is 226 g/mol. The fourth-order valence-corrected chi connectivity index (χ4v) is 2.54. The molecule has 3 unspecified atom stereocenters. The van der Waals surface area contributed by atoms with Crippen LogP contribution in [-0.4, -0.2) is 43.2 Å². The van der Waals surface area contributed by atoms with E-state index in [1.165, 1.54) is 6.42 Å². The SMILES string of the molecule is CC1CCCN(C(=O)C2COCC2N)CC1. The Kier molecular flexibility index (Phi) is 3.82. The number of ether oxygens (including phenoxy) is 1. The van der Waals surface area contributed by atoms with Gasteiger partial charge in [-0.05, 0) is 25.2 Å². The minimum absolute atomic E-state index is 0.103. The highest BCUT2D eigenvalue weighted by Crippen LogP contribution is 2.20. The van der Waals surface area contributed by atoms with Crippen LogP contribution in [0.1, 0.15) is 26.2 Å². The van der Waals surface area contributed by atoms with Crippen LogP contribution in [0.15, 0.2) is 0 Å².